The van der Waals surface area contributed by atoms with Gasteiger partial charge in [-0.15, -0.1) is 0 Å². The number of carbonyl (C=O) groups excluding carboxylic acids is 2. The lowest BCUT2D eigenvalue weighted by atomic mass is 9.87. The van der Waals surface area contributed by atoms with Crippen LogP contribution < -0.4 is 15.4 Å². The lowest BCUT2D eigenvalue weighted by Crippen LogP contribution is -2.21. The van der Waals surface area contributed by atoms with E-state index in [2.05, 4.69) is 31.4 Å². The molecule has 0 atom stereocenters. The Morgan fingerprint density at radius 1 is 0.923 bits per heavy atom. The number of ether oxygens (including phenoxy) is 1. The van der Waals surface area contributed by atoms with Gasteiger partial charge in [0.25, 0.3) is 0 Å². The molecule has 0 aliphatic carbocycles. The van der Waals surface area contributed by atoms with E-state index in [-0.39, 0.29) is 23.7 Å². The number of carbonyl (C=O) groups is 2. The lowest BCUT2D eigenvalue weighted by molar-refractivity contribution is -0.123. The van der Waals surface area contributed by atoms with Crippen molar-refractivity contribution in [2.24, 2.45) is 0 Å². The highest BCUT2D eigenvalue weighted by Crippen LogP contribution is 2.24. The van der Waals surface area contributed by atoms with Gasteiger partial charge in [0.2, 0.25) is 11.8 Å². The molecule has 5 heteroatoms. The van der Waals surface area contributed by atoms with E-state index in [0.717, 1.165) is 0 Å². The maximum Gasteiger partial charge on any atom is 0.233 e. The maximum absolute atomic E-state index is 12.1. The number of anilines is 2. The molecule has 2 N–H and O–H groups in total. The molecule has 138 valence electrons. The highest BCUT2D eigenvalue weighted by atomic mass is 16.5. The molecule has 2 amide bonds. The van der Waals surface area contributed by atoms with Crippen LogP contribution in [0.3, 0.4) is 0 Å². The Kier molecular flexibility index (Phi) is 6.39. The molecule has 0 saturated carbocycles. The highest BCUT2D eigenvalue weighted by molar-refractivity contribution is 6.08. The van der Waals surface area contributed by atoms with E-state index in [9.17, 15) is 9.59 Å². The number of benzene rings is 2. The first-order chi connectivity index (χ1) is 12.3. The van der Waals surface area contributed by atoms with Crippen LogP contribution in [0.15, 0.2) is 48.5 Å². The third-order valence-electron chi connectivity index (χ3n) is 3.82. The summed E-state index contributed by atoms with van der Waals surface area (Å²) in [6.45, 7) is 8.76. The Morgan fingerprint density at radius 3 is 2.15 bits per heavy atom. The fourth-order valence-electron chi connectivity index (χ4n) is 2.45. The second-order valence-electron chi connectivity index (χ2n) is 7.03. The molecule has 2 aromatic carbocycles. The van der Waals surface area contributed by atoms with Crippen molar-refractivity contribution in [2.45, 2.75) is 39.5 Å². The minimum atomic E-state index is -0.388. The van der Waals surface area contributed by atoms with Crippen LogP contribution in [0.4, 0.5) is 11.4 Å². The molecule has 0 bridgehead atoms. The predicted molar refractivity (Wildman–Crippen MR) is 105 cm³/mol. The number of nitrogens with one attached hydrogen (secondary N) is 2. The van der Waals surface area contributed by atoms with E-state index in [0.29, 0.717) is 23.7 Å². The zero-order chi connectivity index (χ0) is 19.2. The molecule has 0 fully saturated rings. The maximum atomic E-state index is 12.1. The summed E-state index contributed by atoms with van der Waals surface area (Å²) < 4.78 is 5.46. The summed E-state index contributed by atoms with van der Waals surface area (Å²) in [5.41, 5.74) is 2.46. The van der Waals surface area contributed by atoms with Crippen LogP contribution >= 0.6 is 0 Å². The van der Waals surface area contributed by atoms with Crippen LogP contribution in [0.2, 0.25) is 0 Å². The zero-order valence-electron chi connectivity index (χ0n) is 15.8. The molecule has 26 heavy (non-hydrogen) atoms. The third kappa shape index (κ3) is 5.62. The Balaban J connectivity index is 1.92. The van der Waals surface area contributed by atoms with Crippen LogP contribution in [-0.4, -0.2) is 18.4 Å². The first-order valence-electron chi connectivity index (χ1n) is 8.71. The Labute approximate surface area is 154 Å². The van der Waals surface area contributed by atoms with Gasteiger partial charge in [0.1, 0.15) is 12.2 Å². The van der Waals surface area contributed by atoms with Crippen molar-refractivity contribution in [1.29, 1.82) is 0 Å². The highest BCUT2D eigenvalue weighted by Gasteiger charge is 2.15. The third-order valence-corrected chi connectivity index (χ3v) is 3.82. The van der Waals surface area contributed by atoms with E-state index in [1.54, 1.807) is 18.2 Å². The second-order valence-corrected chi connectivity index (χ2v) is 7.03. The van der Waals surface area contributed by atoms with Crippen molar-refractivity contribution >= 4 is 23.2 Å². The van der Waals surface area contributed by atoms with Crippen molar-refractivity contribution in [3.05, 3.63) is 54.1 Å². The van der Waals surface area contributed by atoms with E-state index in [4.69, 9.17) is 4.74 Å². The second kappa shape index (κ2) is 8.52. The van der Waals surface area contributed by atoms with E-state index in [1.165, 1.54) is 5.56 Å². The van der Waals surface area contributed by atoms with Crippen LogP contribution in [0.1, 0.15) is 39.7 Å². The van der Waals surface area contributed by atoms with Gasteiger partial charge in [-0.3, -0.25) is 9.59 Å². The minimum Gasteiger partial charge on any atom is -0.492 e. The number of rotatable bonds is 6. The summed E-state index contributed by atoms with van der Waals surface area (Å²) in [6, 6.07) is 14.8. The molecular weight excluding hydrogens is 328 g/mol. The standard InChI is InChI=1S/C21H26N2O3/c1-5-26-18-9-7-6-8-17(18)23-20(25)14-19(24)22-16-12-10-15(11-13-16)21(2,3)4/h6-13H,5,14H2,1-4H3,(H,22,24)(H,23,25). The predicted octanol–water partition coefficient (Wildman–Crippen LogP) is 4.35. The molecule has 0 heterocycles. The summed E-state index contributed by atoms with van der Waals surface area (Å²) in [4.78, 5) is 24.2. The van der Waals surface area contributed by atoms with Crippen molar-refractivity contribution in [1.82, 2.24) is 0 Å². The van der Waals surface area contributed by atoms with Crippen molar-refractivity contribution in [3.8, 4) is 5.75 Å². The van der Waals surface area contributed by atoms with Crippen LogP contribution in [0.5, 0.6) is 5.75 Å². The Morgan fingerprint density at radius 2 is 1.54 bits per heavy atom. The SMILES string of the molecule is CCOc1ccccc1NC(=O)CC(=O)Nc1ccc(C(C)(C)C)cc1. The van der Waals surface area contributed by atoms with Gasteiger partial charge >= 0.3 is 0 Å². The quantitative estimate of drug-likeness (QED) is 0.758. The van der Waals surface area contributed by atoms with E-state index < -0.39 is 0 Å². The normalized spacial score (nSPS) is 10.9. The monoisotopic (exact) mass is 354 g/mol. The molecule has 0 aromatic heterocycles. The number of hydrogen-bond acceptors (Lipinski definition) is 3. The topological polar surface area (TPSA) is 67.4 Å². The largest absolute Gasteiger partial charge is 0.492 e. The summed E-state index contributed by atoms with van der Waals surface area (Å²) in [5, 5.41) is 5.46. The Bertz CT molecular complexity index is 762. The molecular formula is C21H26N2O3. The van der Waals surface area contributed by atoms with Crippen molar-refractivity contribution in [2.75, 3.05) is 17.2 Å². The van der Waals surface area contributed by atoms with Gasteiger partial charge in [0.05, 0.1) is 12.3 Å². The molecule has 0 radical (unpaired) electrons. The van der Waals surface area contributed by atoms with Gasteiger partial charge < -0.3 is 15.4 Å². The molecule has 2 rings (SSSR count). The fourth-order valence-corrected chi connectivity index (χ4v) is 2.45. The van der Waals surface area contributed by atoms with E-state index in [1.807, 2.05) is 37.3 Å². The molecule has 0 saturated heterocycles. The van der Waals surface area contributed by atoms with Crippen molar-refractivity contribution in [3.63, 3.8) is 0 Å². The number of para-hydroxylation sites is 2. The number of hydrogen-bond donors (Lipinski definition) is 2. The average Bonchev–Trinajstić information content (AvgIpc) is 2.56. The van der Waals surface area contributed by atoms with Crippen molar-refractivity contribution < 1.29 is 14.3 Å². The van der Waals surface area contributed by atoms with Gasteiger partial charge in [-0.2, -0.15) is 0 Å². The van der Waals surface area contributed by atoms with Gasteiger partial charge in [-0.05, 0) is 42.2 Å². The summed E-state index contributed by atoms with van der Waals surface area (Å²) >= 11 is 0. The molecule has 5 nitrogen and oxygen atoms in total. The number of amides is 2. The van der Waals surface area contributed by atoms with Crippen LogP contribution in [-0.2, 0) is 15.0 Å². The Hall–Kier alpha value is -2.82. The summed E-state index contributed by atoms with van der Waals surface area (Å²) in [7, 11) is 0. The summed E-state index contributed by atoms with van der Waals surface area (Å²) in [5.74, 6) is -0.164. The van der Waals surface area contributed by atoms with Gasteiger partial charge in [-0.1, -0.05) is 45.0 Å². The first kappa shape index (κ1) is 19.5. The molecule has 0 aliphatic rings. The minimum absolute atomic E-state index is 0.0520. The lowest BCUT2D eigenvalue weighted by Gasteiger charge is -2.19. The average molecular weight is 354 g/mol. The fraction of sp³-hybridized carbons (Fsp3) is 0.333. The molecule has 0 aliphatic heterocycles. The molecule has 0 spiro atoms. The molecule has 2 aromatic rings. The van der Waals surface area contributed by atoms with Gasteiger partial charge in [0, 0.05) is 5.69 Å². The molecule has 0 unspecified atom stereocenters. The van der Waals surface area contributed by atoms with Crippen LogP contribution in [0.25, 0.3) is 0 Å². The van der Waals surface area contributed by atoms with Gasteiger partial charge in [-0.25, -0.2) is 0 Å². The first-order valence-corrected chi connectivity index (χ1v) is 8.71. The van der Waals surface area contributed by atoms with Gasteiger partial charge in [0.15, 0.2) is 0 Å². The zero-order valence-corrected chi connectivity index (χ0v) is 15.8. The van der Waals surface area contributed by atoms with E-state index >= 15 is 0 Å². The smallest absolute Gasteiger partial charge is 0.233 e. The summed E-state index contributed by atoms with van der Waals surface area (Å²) in [6.07, 6.45) is -0.262. The van der Waals surface area contributed by atoms with Crippen LogP contribution in [0, 0.1) is 0 Å².